The molecule has 1 heterocycles. The van der Waals surface area contributed by atoms with Gasteiger partial charge in [-0.1, -0.05) is 19.1 Å². The zero-order valence-corrected chi connectivity index (χ0v) is 9.23. The number of rotatable bonds is 3. The van der Waals surface area contributed by atoms with Crippen LogP contribution in [0.25, 0.3) is 5.69 Å². The smallest absolute Gasteiger partial charge is 0.326 e. The van der Waals surface area contributed by atoms with E-state index in [4.69, 9.17) is 5.73 Å². The van der Waals surface area contributed by atoms with Crippen LogP contribution >= 0.6 is 0 Å². The second-order valence-electron chi connectivity index (χ2n) is 3.64. The number of imidazole rings is 1. The van der Waals surface area contributed by atoms with Crippen LogP contribution in [-0.4, -0.2) is 9.55 Å². The number of aryl methyl sites for hydroxylation is 1. The van der Waals surface area contributed by atoms with E-state index in [0.717, 1.165) is 23.4 Å². The molecule has 0 radical (unpaired) electrons. The molecule has 0 saturated carbocycles. The average molecular weight is 217 g/mol. The second-order valence-corrected chi connectivity index (χ2v) is 3.64. The van der Waals surface area contributed by atoms with Crippen LogP contribution in [0.1, 0.15) is 18.2 Å². The van der Waals surface area contributed by atoms with Gasteiger partial charge in [-0.15, -0.1) is 0 Å². The molecule has 16 heavy (non-hydrogen) atoms. The summed E-state index contributed by atoms with van der Waals surface area (Å²) in [6.45, 7) is 2.54. The van der Waals surface area contributed by atoms with E-state index in [2.05, 4.69) is 4.98 Å². The van der Waals surface area contributed by atoms with Crippen molar-refractivity contribution in [1.82, 2.24) is 9.55 Å². The predicted molar refractivity (Wildman–Crippen MR) is 63.7 cm³/mol. The fraction of sp³-hybridized carbons (Fsp3) is 0.250. The van der Waals surface area contributed by atoms with Crippen LogP contribution < -0.4 is 11.4 Å². The molecular formula is C12H15N3O. The first kappa shape index (κ1) is 10.7. The highest BCUT2D eigenvalue weighted by Crippen LogP contribution is 2.10. The molecule has 1 aromatic carbocycles. The number of H-pyrrole nitrogens is 1. The molecule has 3 N–H and O–H groups in total. The standard InChI is InChI=1S/C12H15N3O/c1-2-10-8-14-12(16)15(10)11-5-3-9(7-13)4-6-11/h3-6,8H,2,7,13H2,1H3,(H,14,16). The van der Waals surface area contributed by atoms with Gasteiger partial charge in [0.15, 0.2) is 0 Å². The molecule has 0 aliphatic heterocycles. The van der Waals surface area contributed by atoms with Gasteiger partial charge in [-0.3, -0.25) is 4.57 Å². The van der Waals surface area contributed by atoms with Crippen molar-refractivity contribution in [3.05, 3.63) is 52.2 Å². The second kappa shape index (κ2) is 4.37. The minimum Gasteiger partial charge on any atom is -0.326 e. The first-order valence-electron chi connectivity index (χ1n) is 5.35. The highest BCUT2D eigenvalue weighted by atomic mass is 16.1. The van der Waals surface area contributed by atoms with Crippen molar-refractivity contribution in [1.29, 1.82) is 0 Å². The van der Waals surface area contributed by atoms with Crippen LogP contribution in [0.3, 0.4) is 0 Å². The first-order chi connectivity index (χ1) is 7.76. The highest BCUT2D eigenvalue weighted by Gasteiger charge is 2.06. The Bertz CT molecular complexity index is 522. The molecule has 0 aliphatic carbocycles. The number of benzene rings is 1. The molecule has 0 fully saturated rings. The Labute approximate surface area is 93.7 Å². The summed E-state index contributed by atoms with van der Waals surface area (Å²) in [5.41, 5.74) is 8.34. The lowest BCUT2D eigenvalue weighted by Gasteiger charge is -2.06. The SMILES string of the molecule is CCc1c[nH]c(=O)n1-c1ccc(CN)cc1. The lowest BCUT2D eigenvalue weighted by molar-refractivity contribution is 0.897. The molecule has 1 aromatic heterocycles. The van der Waals surface area contributed by atoms with E-state index in [0.29, 0.717) is 6.54 Å². The first-order valence-corrected chi connectivity index (χ1v) is 5.35. The molecule has 0 bridgehead atoms. The lowest BCUT2D eigenvalue weighted by atomic mass is 10.2. The molecule has 0 saturated heterocycles. The van der Waals surface area contributed by atoms with Crippen molar-refractivity contribution >= 4 is 0 Å². The van der Waals surface area contributed by atoms with Crippen molar-refractivity contribution in [2.45, 2.75) is 19.9 Å². The van der Waals surface area contributed by atoms with E-state index in [9.17, 15) is 4.79 Å². The third-order valence-electron chi connectivity index (χ3n) is 2.65. The van der Waals surface area contributed by atoms with Crippen LogP contribution in [0.15, 0.2) is 35.3 Å². The molecule has 0 atom stereocenters. The maximum Gasteiger partial charge on any atom is 0.330 e. The number of nitrogens with one attached hydrogen (secondary N) is 1. The van der Waals surface area contributed by atoms with Gasteiger partial charge in [0.2, 0.25) is 0 Å². The quantitative estimate of drug-likeness (QED) is 0.811. The largest absolute Gasteiger partial charge is 0.330 e. The van der Waals surface area contributed by atoms with Crippen molar-refractivity contribution in [3.8, 4) is 5.69 Å². The van der Waals surface area contributed by atoms with Crippen LogP contribution in [0.4, 0.5) is 0 Å². The Kier molecular flexibility index (Phi) is 2.92. The summed E-state index contributed by atoms with van der Waals surface area (Å²) in [6.07, 6.45) is 2.57. The van der Waals surface area contributed by atoms with Crippen LogP contribution in [0, 0.1) is 0 Å². The normalized spacial score (nSPS) is 10.6. The number of aromatic amines is 1. The molecule has 0 unspecified atom stereocenters. The topological polar surface area (TPSA) is 63.8 Å². The molecule has 84 valence electrons. The van der Waals surface area contributed by atoms with Gasteiger partial charge in [0.05, 0.1) is 5.69 Å². The molecule has 2 rings (SSSR count). The molecule has 0 spiro atoms. The summed E-state index contributed by atoms with van der Waals surface area (Å²) in [5, 5.41) is 0. The Morgan fingerprint density at radius 3 is 2.56 bits per heavy atom. The van der Waals surface area contributed by atoms with Crippen molar-refractivity contribution < 1.29 is 0 Å². The Balaban J connectivity index is 2.49. The van der Waals surface area contributed by atoms with Gasteiger partial charge in [-0.25, -0.2) is 4.79 Å². The van der Waals surface area contributed by atoms with E-state index in [1.54, 1.807) is 10.8 Å². The number of aromatic nitrogens is 2. The molecule has 0 aliphatic rings. The fourth-order valence-electron chi connectivity index (χ4n) is 1.73. The van der Waals surface area contributed by atoms with E-state index in [1.165, 1.54) is 0 Å². The van der Waals surface area contributed by atoms with Gasteiger partial charge >= 0.3 is 5.69 Å². The monoisotopic (exact) mass is 217 g/mol. The van der Waals surface area contributed by atoms with Gasteiger partial charge in [0.25, 0.3) is 0 Å². The summed E-state index contributed by atoms with van der Waals surface area (Å²) in [4.78, 5) is 14.3. The summed E-state index contributed by atoms with van der Waals surface area (Å²) >= 11 is 0. The fourth-order valence-corrected chi connectivity index (χ4v) is 1.73. The van der Waals surface area contributed by atoms with Gasteiger partial charge in [0.1, 0.15) is 0 Å². The Morgan fingerprint density at radius 1 is 1.31 bits per heavy atom. The Hall–Kier alpha value is -1.81. The van der Waals surface area contributed by atoms with E-state index >= 15 is 0 Å². The van der Waals surface area contributed by atoms with Gasteiger partial charge < -0.3 is 10.7 Å². The maximum atomic E-state index is 11.6. The third kappa shape index (κ3) is 1.79. The summed E-state index contributed by atoms with van der Waals surface area (Å²) in [7, 11) is 0. The Morgan fingerprint density at radius 2 is 2.00 bits per heavy atom. The van der Waals surface area contributed by atoms with Crippen molar-refractivity contribution in [2.24, 2.45) is 5.73 Å². The van der Waals surface area contributed by atoms with Crippen molar-refractivity contribution in [2.75, 3.05) is 0 Å². The predicted octanol–water partition coefficient (Wildman–Crippen LogP) is 1.19. The zero-order chi connectivity index (χ0) is 11.5. The van der Waals surface area contributed by atoms with Gasteiger partial charge in [-0.05, 0) is 24.1 Å². The van der Waals surface area contributed by atoms with Crippen molar-refractivity contribution in [3.63, 3.8) is 0 Å². The van der Waals surface area contributed by atoms with Gasteiger partial charge in [-0.2, -0.15) is 0 Å². The molecule has 2 aromatic rings. The number of nitrogens with two attached hydrogens (primary N) is 1. The minimum absolute atomic E-state index is 0.0997. The highest BCUT2D eigenvalue weighted by molar-refractivity contribution is 5.36. The van der Waals surface area contributed by atoms with Crippen LogP contribution in [-0.2, 0) is 13.0 Å². The van der Waals surface area contributed by atoms with Gasteiger partial charge in [0, 0.05) is 18.4 Å². The van der Waals surface area contributed by atoms with E-state index in [-0.39, 0.29) is 5.69 Å². The lowest BCUT2D eigenvalue weighted by Crippen LogP contribution is -2.16. The van der Waals surface area contributed by atoms with E-state index < -0.39 is 0 Å². The molecule has 0 amide bonds. The summed E-state index contributed by atoms with van der Waals surface area (Å²) < 4.78 is 1.68. The number of hydrogen-bond acceptors (Lipinski definition) is 2. The maximum absolute atomic E-state index is 11.6. The third-order valence-corrected chi connectivity index (χ3v) is 2.65. The summed E-state index contributed by atoms with van der Waals surface area (Å²) in [5.74, 6) is 0. The summed E-state index contributed by atoms with van der Waals surface area (Å²) in [6, 6.07) is 7.70. The van der Waals surface area contributed by atoms with Crippen LogP contribution in [0.2, 0.25) is 0 Å². The molecule has 4 nitrogen and oxygen atoms in total. The zero-order valence-electron chi connectivity index (χ0n) is 9.23. The number of nitrogens with zero attached hydrogens (tertiary/aromatic N) is 1. The minimum atomic E-state index is -0.0997. The van der Waals surface area contributed by atoms with E-state index in [1.807, 2.05) is 31.2 Å². The van der Waals surface area contributed by atoms with Crippen LogP contribution in [0.5, 0.6) is 0 Å². The number of hydrogen-bond donors (Lipinski definition) is 2. The average Bonchev–Trinajstić information content (AvgIpc) is 2.70. The molecule has 4 heteroatoms. The molecular weight excluding hydrogens is 202 g/mol.